The molecule has 1 heterocycles. The molecule has 2 rings (SSSR count). The molecule has 0 aromatic heterocycles. The molecule has 0 spiro atoms. The van der Waals surface area contributed by atoms with Gasteiger partial charge >= 0.3 is 12.0 Å². The number of benzene rings is 1. The fourth-order valence-corrected chi connectivity index (χ4v) is 3.09. The summed E-state index contributed by atoms with van der Waals surface area (Å²) in [5.41, 5.74) is 1.86. The third kappa shape index (κ3) is 5.91. The smallest absolute Gasteiger partial charge is 0.321 e. The topological polar surface area (TPSA) is 105 Å². The first kappa shape index (κ1) is 22.1. The standard InChI is InChI=1S/C21H27N3O5/c1-4-10-22-21(28)23-18(25)13-29-20(27)15-11-19(26)24(12-15)17-9-7-6-8-16(17)14(3)5-2/h4,6-9,14-15H,1,5,10-13H2,2-3H3,(H2,22,23,25,28)/t14-,15-/m1/s1. The van der Waals surface area contributed by atoms with Gasteiger partial charge in [-0.2, -0.15) is 0 Å². The first-order chi connectivity index (χ1) is 13.9. The molecule has 1 aliphatic rings. The van der Waals surface area contributed by atoms with Crippen LogP contribution in [-0.2, 0) is 19.1 Å². The van der Waals surface area contributed by atoms with E-state index in [2.05, 4.69) is 25.7 Å². The number of anilines is 1. The lowest BCUT2D eigenvalue weighted by Crippen LogP contribution is -2.41. The summed E-state index contributed by atoms with van der Waals surface area (Å²) in [6, 6.07) is 6.96. The van der Waals surface area contributed by atoms with Gasteiger partial charge in [0.25, 0.3) is 5.91 Å². The Morgan fingerprint density at radius 2 is 2.07 bits per heavy atom. The number of carbonyl (C=O) groups is 4. The minimum atomic E-state index is -0.747. The van der Waals surface area contributed by atoms with E-state index in [1.807, 2.05) is 29.6 Å². The average Bonchev–Trinajstić information content (AvgIpc) is 3.11. The Bertz CT molecular complexity index is 792. The van der Waals surface area contributed by atoms with Crippen LogP contribution in [0.25, 0.3) is 0 Å². The summed E-state index contributed by atoms with van der Waals surface area (Å²) < 4.78 is 4.99. The van der Waals surface area contributed by atoms with Crippen LogP contribution in [-0.4, -0.2) is 43.5 Å². The number of esters is 1. The Morgan fingerprint density at radius 1 is 1.34 bits per heavy atom. The summed E-state index contributed by atoms with van der Waals surface area (Å²) in [5, 5.41) is 4.41. The highest BCUT2D eigenvalue weighted by Gasteiger charge is 2.37. The van der Waals surface area contributed by atoms with Crippen LogP contribution in [0.3, 0.4) is 0 Å². The molecule has 1 aliphatic heterocycles. The first-order valence-electron chi connectivity index (χ1n) is 9.61. The quantitative estimate of drug-likeness (QED) is 0.513. The average molecular weight is 401 g/mol. The van der Waals surface area contributed by atoms with Crippen LogP contribution in [0.4, 0.5) is 10.5 Å². The number of ether oxygens (including phenoxy) is 1. The highest BCUT2D eigenvalue weighted by molar-refractivity contribution is 6.00. The lowest BCUT2D eigenvalue weighted by molar-refractivity contribution is -0.152. The fourth-order valence-electron chi connectivity index (χ4n) is 3.09. The number of hydrogen-bond donors (Lipinski definition) is 2. The summed E-state index contributed by atoms with van der Waals surface area (Å²) in [6.07, 6.45) is 2.42. The van der Waals surface area contributed by atoms with Crippen molar-refractivity contribution in [2.24, 2.45) is 5.92 Å². The summed E-state index contributed by atoms with van der Waals surface area (Å²) >= 11 is 0. The number of rotatable bonds is 8. The molecular weight excluding hydrogens is 374 g/mol. The van der Waals surface area contributed by atoms with Gasteiger partial charge in [0, 0.05) is 25.2 Å². The molecule has 1 fully saturated rings. The van der Waals surface area contributed by atoms with Crippen LogP contribution < -0.4 is 15.5 Å². The molecule has 0 aliphatic carbocycles. The number of nitrogens with zero attached hydrogens (tertiary/aromatic N) is 1. The summed E-state index contributed by atoms with van der Waals surface area (Å²) in [5.74, 6) is -1.92. The molecule has 2 N–H and O–H groups in total. The van der Waals surface area contributed by atoms with Crippen molar-refractivity contribution in [2.75, 3.05) is 24.6 Å². The molecule has 4 amide bonds. The van der Waals surface area contributed by atoms with Crippen LogP contribution in [0, 0.1) is 5.92 Å². The zero-order chi connectivity index (χ0) is 21.4. The van der Waals surface area contributed by atoms with Gasteiger partial charge in [0.05, 0.1) is 5.92 Å². The van der Waals surface area contributed by atoms with Gasteiger partial charge in [0.2, 0.25) is 5.91 Å². The van der Waals surface area contributed by atoms with Crippen molar-refractivity contribution >= 4 is 29.5 Å². The highest BCUT2D eigenvalue weighted by atomic mass is 16.5. The molecule has 0 radical (unpaired) electrons. The third-order valence-corrected chi connectivity index (χ3v) is 4.83. The lowest BCUT2D eigenvalue weighted by Gasteiger charge is -2.23. The van der Waals surface area contributed by atoms with Crippen molar-refractivity contribution in [3.8, 4) is 0 Å². The van der Waals surface area contributed by atoms with E-state index in [-0.39, 0.29) is 31.3 Å². The number of para-hydroxylation sites is 1. The molecule has 1 aromatic carbocycles. The number of hydrogen-bond acceptors (Lipinski definition) is 5. The van der Waals surface area contributed by atoms with Crippen LogP contribution in [0.1, 0.15) is 38.2 Å². The van der Waals surface area contributed by atoms with Crippen molar-refractivity contribution in [2.45, 2.75) is 32.6 Å². The van der Waals surface area contributed by atoms with Crippen molar-refractivity contribution in [1.29, 1.82) is 0 Å². The third-order valence-electron chi connectivity index (χ3n) is 4.83. The second kappa shape index (κ2) is 10.4. The molecule has 29 heavy (non-hydrogen) atoms. The Kier molecular flexibility index (Phi) is 7.94. The van der Waals surface area contributed by atoms with E-state index in [4.69, 9.17) is 4.74 Å². The zero-order valence-electron chi connectivity index (χ0n) is 16.8. The van der Waals surface area contributed by atoms with Gasteiger partial charge in [-0.25, -0.2) is 4.79 Å². The SMILES string of the molecule is C=CCNC(=O)NC(=O)COC(=O)[C@@H]1CC(=O)N(c2ccccc2[C@H](C)CC)C1. The van der Waals surface area contributed by atoms with E-state index in [0.29, 0.717) is 0 Å². The monoisotopic (exact) mass is 401 g/mol. The molecule has 1 saturated heterocycles. The minimum absolute atomic E-state index is 0.0229. The van der Waals surface area contributed by atoms with Crippen molar-refractivity contribution < 1.29 is 23.9 Å². The predicted molar refractivity (Wildman–Crippen MR) is 108 cm³/mol. The van der Waals surface area contributed by atoms with Crippen molar-refractivity contribution in [3.63, 3.8) is 0 Å². The Hall–Kier alpha value is -3.16. The number of carbonyl (C=O) groups excluding carboxylic acids is 4. The number of nitrogens with one attached hydrogen (secondary N) is 2. The predicted octanol–water partition coefficient (Wildman–Crippen LogP) is 2.11. The van der Waals surface area contributed by atoms with E-state index >= 15 is 0 Å². The lowest BCUT2D eigenvalue weighted by atomic mass is 9.96. The van der Waals surface area contributed by atoms with Gasteiger partial charge < -0.3 is 15.0 Å². The number of imide groups is 1. The maximum Gasteiger partial charge on any atom is 0.321 e. The van der Waals surface area contributed by atoms with Crippen LogP contribution in [0.2, 0.25) is 0 Å². The summed E-state index contributed by atoms with van der Waals surface area (Å²) in [7, 11) is 0. The Labute approximate surface area is 170 Å². The molecule has 1 aromatic rings. The van der Waals surface area contributed by atoms with E-state index < -0.39 is 30.4 Å². The van der Waals surface area contributed by atoms with Crippen LogP contribution >= 0.6 is 0 Å². The van der Waals surface area contributed by atoms with E-state index in [0.717, 1.165) is 17.7 Å². The number of amides is 4. The zero-order valence-corrected chi connectivity index (χ0v) is 16.8. The minimum Gasteiger partial charge on any atom is -0.455 e. The van der Waals surface area contributed by atoms with Gasteiger partial charge in [0.15, 0.2) is 6.61 Å². The molecule has 0 bridgehead atoms. The maximum absolute atomic E-state index is 12.5. The van der Waals surface area contributed by atoms with Crippen LogP contribution in [0.5, 0.6) is 0 Å². The molecule has 0 saturated carbocycles. The maximum atomic E-state index is 12.5. The van der Waals surface area contributed by atoms with Crippen LogP contribution in [0.15, 0.2) is 36.9 Å². The largest absolute Gasteiger partial charge is 0.455 e. The van der Waals surface area contributed by atoms with Gasteiger partial charge in [-0.1, -0.05) is 38.1 Å². The summed E-state index contributed by atoms with van der Waals surface area (Å²) in [6.45, 7) is 7.43. The Morgan fingerprint density at radius 3 is 2.76 bits per heavy atom. The van der Waals surface area contributed by atoms with Crippen molar-refractivity contribution in [3.05, 3.63) is 42.5 Å². The molecule has 2 atom stereocenters. The molecule has 156 valence electrons. The molecule has 0 unspecified atom stereocenters. The second-order valence-electron chi connectivity index (χ2n) is 6.93. The van der Waals surface area contributed by atoms with Gasteiger partial charge in [-0.3, -0.25) is 19.7 Å². The summed E-state index contributed by atoms with van der Waals surface area (Å²) in [4.78, 5) is 49.5. The molecule has 8 nitrogen and oxygen atoms in total. The van der Waals surface area contributed by atoms with Crippen molar-refractivity contribution in [1.82, 2.24) is 10.6 Å². The highest BCUT2D eigenvalue weighted by Crippen LogP contribution is 2.33. The Balaban J connectivity index is 1.93. The second-order valence-corrected chi connectivity index (χ2v) is 6.93. The molecule has 8 heteroatoms. The molecular formula is C21H27N3O5. The van der Waals surface area contributed by atoms with Gasteiger partial charge in [-0.15, -0.1) is 6.58 Å². The first-order valence-corrected chi connectivity index (χ1v) is 9.61. The van der Waals surface area contributed by atoms with Gasteiger partial charge in [0.1, 0.15) is 0 Å². The normalized spacial score (nSPS) is 16.8. The van der Waals surface area contributed by atoms with E-state index in [1.165, 1.54) is 6.08 Å². The number of urea groups is 1. The van der Waals surface area contributed by atoms with E-state index in [9.17, 15) is 19.2 Å². The van der Waals surface area contributed by atoms with E-state index in [1.54, 1.807) is 4.90 Å². The fraction of sp³-hybridized carbons (Fsp3) is 0.429. The van der Waals surface area contributed by atoms with Gasteiger partial charge in [-0.05, 0) is 24.0 Å².